The van der Waals surface area contributed by atoms with Gasteiger partial charge in [-0.2, -0.15) is 5.10 Å². The van der Waals surface area contributed by atoms with Gasteiger partial charge in [0.25, 0.3) is 5.91 Å². The molecule has 1 fully saturated rings. The number of thioether (sulfide) groups is 1. The van der Waals surface area contributed by atoms with Gasteiger partial charge in [0.05, 0.1) is 31.4 Å². The lowest BCUT2D eigenvalue weighted by molar-refractivity contribution is 0.0978. The van der Waals surface area contributed by atoms with Crippen molar-refractivity contribution < 1.29 is 14.3 Å². The number of hydrogen-bond acceptors (Lipinski definition) is 8. The van der Waals surface area contributed by atoms with Crippen LogP contribution in [0.3, 0.4) is 0 Å². The first kappa shape index (κ1) is 24.2. The van der Waals surface area contributed by atoms with Crippen LogP contribution in [0.1, 0.15) is 41.7 Å². The number of carbonyl (C=O) groups is 1. The van der Waals surface area contributed by atoms with Gasteiger partial charge in [0.15, 0.2) is 5.17 Å². The maximum absolute atomic E-state index is 13.1. The van der Waals surface area contributed by atoms with Crippen molar-refractivity contribution in [1.29, 1.82) is 0 Å². The summed E-state index contributed by atoms with van der Waals surface area (Å²) in [6.45, 7) is 5.94. The van der Waals surface area contributed by atoms with E-state index in [-0.39, 0.29) is 5.15 Å². The first-order chi connectivity index (χ1) is 15.5. The van der Waals surface area contributed by atoms with Crippen LogP contribution in [0, 0.1) is 12.8 Å². The van der Waals surface area contributed by atoms with E-state index in [9.17, 15) is 4.79 Å². The second-order valence-electron chi connectivity index (χ2n) is 7.36. The van der Waals surface area contributed by atoms with Gasteiger partial charge in [-0.25, -0.2) is 4.98 Å². The standard InChI is InChI=1S/C22H26ClN5O3S/c1-14-8-16(17-9-20(23)26-11-19(17)30-3)18(10-25-14)21(29)27-22(28-24-2)32-13-31-12-15-6-4-5-7-15/h8-11,15H,2,4-7,12-13H2,1,3H3,(H,27,28,29). The number of amides is 1. The molecule has 10 heteroatoms. The molecular weight excluding hydrogens is 450 g/mol. The fraction of sp³-hybridized carbons (Fsp3) is 0.409. The van der Waals surface area contributed by atoms with E-state index in [1.54, 1.807) is 12.1 Å². The van der Waals surface area contributed by atoms with E-state index in [0.29, 0.717) is 46.1 Å². The lowest BCUT2D eigenvalue weighted by Crippen LogP contribution is -2.29. The quantitative estimate of drug-likeness (QED) is 0.148. The van der Waals surface area contributed by atoms with Crippen LogP contribution in [-0.4, -0.2) is 47.4 Å². The van der Waals surface area contributed by atoms with E-state index in [1.807, 2.05) is 6.92 Å². The Hall–Kier alpha value is -2.49. The molecule has 0 radical (unpaired) electrons. The molecule has 1 aliphatic carbocycles. The highest BCUT2D eigenvalue weighted by atomic mass is 35.5. The predicted molar refractivity (Wildman–Crippen MR) is 129 cm³/mol. The van der Waals surface area contributed by atoms with E-state index < -0.39 is 5.91 Å². The largest absolute Gasteiger partial charge is 0.494 e. The molecule has 8 nitrogen and oxygen atoms in total. The van der Waals surface area contributed by atoms with Gasteiger partial charge < -0.3 is 9.47 Å². The number of nitrogens with one attached hydrogen (secondary N) is 1. The van der Waals surface area contributed by atoms with Crippen LogP contribution < -0.4 is 10.1 Å². The molecule has 0 bridgehead atoms. The fourth-order valence-electron chi connectivity index (χ4n) is 3.56. The maximum atomic E-state index is 13.1. The fourth-order valence-corrected chi connectivity index (χ4v) is 4.29. The van der Waals surface area contributed by atoms with Gasteiger partial charge in [0.1, 0.15) is 10.9 Å². The molecule has 1 saturated carbocycles. The number of aromatic nitrogens is 2. The summed E-state index contributed by atoms with van der Waals surface area (Å²) in [5, 5.41) is 10.8. The first-order valence-corrected chi connectivity index (χ1v) is 11.6. The maximum Gasteiger partial charge on any atom is 0.259 e. The third-order valence-electron chi connectivity index (χ3n) is 5.12. The van der Waals surface area contributed by atoms with Gasteiger partial charge in [-0.15, -0.1) is 5.10 Å². The van der Waals surface area contributed by atoms with Crippen LogP contribution >= 0.6 is 23.4 Å². The van der Waals surface area contributed by atoms with E-state index in [4.69, 9.17) is 21.1 Å². The molecule has 0 aromatic carbocycles. The van der Waals surface area contributed by atoms with Crippen molar-refractivity contribution in [1.82, 2.24) is 15.3 Å². The zero-order valence-corrected chi connectivity index (χ0v) is 19.7. The summed E-state index contributed by atoms with van der Waals surface area (Å²) in [6.07, 6.45) is 7.98. The van der Waals surface area contributed by atoms with Crippen LogP contribution in [0.25, 0.3) is 11.1 Å². The summed E-state index contributed by atoms with van der Waals surface area (Å²) >= 11 is 7.35. The molecule has 3 rings (SSSR count). The van der Waals surface area contributed by atoms with E-state index in [0.717, 1.165) is 5.69 Å². The van der Waals surface area contributed by atoms with E-state index >= 15 is 0 Å². The Kier molecular flexibility index (Phi) is 9.01. The highest BCUT2D eigenvalue weighted by molar-refractivity contribution is 8.13. The Bertz CT molecular complexity index is 996. The van der Waals surface area contributed by atoms with Crippen molar-refractivity contribution in [3.63, 3.8) is 0 Å². The SMILES string of the molecule is C=N/N=C(/NC(=O)c1cnc(C)cc1-c1cc(Cl)ncc1OC)SCOCC1CCCC1. The van der Waals surface area contributed by atoms with Gasteiger partial charge in [0, 0.05) is 29.7 Å². The number of pyridine rings is 2. The van der Waals surface area contributed by atoms with Crippen molar-refractivity contribution in [2.45, 2.75) is 32.6 Å². The highest BCUT2D eigenvalue weighted by Gasteiger charge is 2.20. The van der Waals surface area contributed by atoms with Gasteiger partial charge in [-0.3, -0.25) is 15.1 Å². The number of aryl methyl sites for hydroxylation is 1. The second-order valence-corrected chi connectivity index (χ2v) is 8.66. The molecule has 2 aromatic rings. The summed E-state index contributed by atoms with van der Waals surface area (Å²) in [7, 11) is 1.53. The zero-order valence-electron chi connectivity index (χ0n) is 18.1. The minimum Gasteiger partial charge on any atom is -0.494 e. The minimum absolute atomic E-state index is 0.287. The molecule has 2 aromatic heterocycles. The Morgan fingerprint density at radius 1 is 1.28 bits per heavy atom. The van der Waals surface area contributed by atoms with Crippen LogP contribution in [0.5, 0.6) is 5.75 Å². The summed E-state index contributed by atoms with van der Waals surface area (Å²) in [4.78, 5) is 21.4. The van der Waals surface area contributed by atoms with Crippen LogP contribution in [0.15, 0.2) is 34.7 Å². The van der Waals surface area contributed by atoms with Gasteiger partial charge in [-0.05, 0) is 37.8 Å². The van der Waals surface area contributed by atoms with Gasteiger partial charge in [-0.1, -0.05) is 36.2 Å². The lowest BCUT2D eigenvalue weighted by Gasteiger charge is -2.14. The molecule has 170 valence electrons. The van der Waals surface area contributed by atoms with Crippen molar-refractivity contribution in [3.05, 3.63) is 40.9 Å². The van der Waals surface area contributed by atoms with E-state index in [2.05, 4.69) is 32.2 Å². The van der Waals surface area contributed by atoms with Crippen molar-refractivity contribution in [2.75, 3.05) is 19.7 Å². The second kappa shape index (κ2) is 11.9. The summed E-state index contributed by atoms with van der Waals surface area (Å²) < 4.78 is 11.2. The summed E-state index contributed by atoms with van der Waals surface area (Å²) in [5.41, 5.74) is 2.32. The summed E-state index contributed by atoms with van der Waals surface area (Å²) in [6, 6.07) is 3.45. The smallest absolute Gasteiger partial charge is 0.259 e. The monoisotopic (exact) mass is 475 g/mol. The van der Waals surface area contributed by atoms with Crippen molar-refractivity contribution in [2.24, 2.45) is 16.1 Å². The number of ether oxygens (including phenoxy) is 2. The molecule has 32 heavy (non-hydrogen) atoms. The number of carbonyl (C=O) groups excluding carboxylic acids is 1. The minimum atomic E-state index is -0.395. The summed E-state index contributed by atoms with van der Waals surface area (Å²) in [5.74, 6) is 1.07. The highest BCUT2D eigenvalue weighted by Crippen LogP contribution is 2.34. The molecule has 2 heterocycles. The molecular formula is C22H26ClN5O3S. The lowest BCUT2D eigenvalue weighted by atomic mass is 10.0. The van der Waals surface area contributed by atoms with E-state index in [1.165, 1.54) is 56.9 Å². The van der Waals surface area contributed by atoms with Gasteiger partial charge in [0.2, 0.25) is 0 Å². The molecule has 0 saturated heterocycles. The van der Waals surface area contributed by atoms with Crippen LogP contribution in [0.4, 0.5) is 0 Å². The predicted octanol–water partition coefficient (Wildman–Crippen LogP) is 4.71. The Labute approximate surface area is 196 Å². The Morgan fingerprint density at radius 2 is 2.06 bits per heavy atom. The average Bonchev–Trinajstić information content (AvgIpc) is 3.30. The number of halogens is 1. The first-order valence-electron chi connectivity index (χ1n) is 10.2. The Morgan fingerprint density at radius 3 is 2.78 bits per heavy atom. The normalized spacial score (nSPS) is 14.4. The molecule has 0 aliphatic heterocycles. The molecule has 1 N–H and O–H groups in total. The molecule has 1 aliphatic rings. The molecule has 0 unspecified atom stereocenters. The van der Waals surface area contributed by atoms with Crippen LogP contribution in [-0.2, 0) is 4.74 Å². The van der Waals surface area contributed by atoms with Crippen molar-refractivity contribution in [3.8, 4) is 16.9 Å². The average molecular weight is 476 g/mol. The molecule has 1 amide bonds. The Balaban J connectivity index is 1.75. The van der Waals surface area contributed by atoms with Crippen LogP contribution in [0.2, 0.25) is 5.15 Å². The van der Waals surface area contributed by atoms with Gasteiger partial charge >= 0.3 is 0 Å². The number of amidine groups is 1. The number of methoxy groups -OCH3 is 1. The van der Waals surface area contributed by atoms with Crippen molar-refractivity contribution >= 4 is 41.2 Å². The molecule has 0 atom stereocenters. The number of rotatable bonds is 8. The third-order valence-corrected chi connectivity index (χ3v) is 6.07. The topological polar surface area (TPSA) is 98.1 Å². The number of hydrogen-bond donors (Lipinski definition) is 1. The third kappa shape index (κ3) is 6.51. The number of nitrogens with zero attached hydrogens (tertiary/aromatic N) is 4. The zero-order chi connectivity index (χ0) is 22.9. The molecule has 0 spiro atoms.